The van der Waals surface area contributed by atoms with E-state index in [4.69, 9.17) is 0 Å². The molecule has 1 aliphatic heterocycles. The molecule has 2 atom stereocenters. The fourth-order valence-corrected chi connectivity index (χ4v) is 3.02. The number of hydrogen-bond donors (Lipinski definition) is 0. The zero-order chi connectivity index (χ0) is 15.6. The summed E-state index contributed by atoms with van der Waals surface area (Å²) in [5, 5.41) is 0. The molecule has 21 heavy (non-hydrogen) atoms. The Balaban J connectivity index is 2.47. The molecule has 1 fully saturated rings. The van der Waals surface area contributed by atoms with Gasteiger partial charge in [0, 0.05) is 32.6 Å². The van der Waals surface area contributed by atoms with Gasteiger partial charge in [-0.2, -0.15) is 0 Å². The van der Waals surface area contributed by atoms with Gasteiger partial charge < -0.3 is 9.80 Å². The third-order valence-electron chi connectivity index (χ3n) is 4.03. The predicted octanol–water partition coefficient (Wildman–Crippen LogP) is 2.21. The number of piperidine rings is 1. The van der Waals surface area contributed by atoms with Gasteiger partial charge in [-0.25, -0.2) is 4.39 Å². The smallest absolute Gasteiger partial charge is 0.227 e. The molecule has 2 amide bonds. The van der Waals surface area contributed by atoms with E-state index >= 15 is 0 Å². The van der Waals surface area contributed by atoms with Crippen molar-refractivity contribution in [3.05, 3.63) is 35.6 Å². The van der Waals surface area contributed by atoms with E-state index in [-0.39, 0.29) is 17.6 Å². The van der Waals surface area contributed by atoms with Crippen LogP contribution in [0.25, 0.3) is 0 Å². The summed E-state index contributed by atoms with van der Waals surface area (Å²) in [4.78, 5) is 27.7. The van der Waals surface area contributed by atoms with Crippen molar-refractivity contribution in [3.8, 4) is 0 Å². The fourth-order valence-electron chi connectivity index (χ4n) is 3.02. The number of carbonyl (C=O) groups excluding carboxylic acids is 2. The van der Waals surface area contributed by atoms with Gasteiger partial charge in [0.2, 0.25) is 11.8 Å². The van der Waals surface area contributed by atoms with Crippen LogP contribution in [0.2, 0.25) is 0 Å². The average Bonchev–Trinajstić information content (AvgIpc) is 2.46. The summed E-state index contributed by atoms with van der Waals surface area (Å²) < 4.78 is 14.2. The second-order valence-electron chi connectivity index (χ2n) is 5.52. The summed E-state index contributed by atoms with van der Waals surface area (Å²) in [6.45, 7) is 2.32. The Bertz CT molecular complexity index is 545. The van der Waals surface area contributed by atoms with Crippen molar-refractivity contribution in [2.75, 3.05) is 20.6 Å². The van der Waals surface area contributed by atoms with Gasteiger partial charge in [0.1, 0.15) is 5.82 Å². The van der Waals surface area contributed by atoms with E-state index in [9.17, 15) is 14.0 Å². The van der Waals surface area contributed by atoms with Gasteiger partial charge in [0.25, 0.3) is 0 Å². The summed E-state index contributed by atoms with van der Waals surface area (Å²) in [5.74, 6) is -0.843. The van der Waals surface area contributed by atoms with Crippen LogP contribution in [0, 0.1) is 11.7 Å². The molecule has 4 nitrogen and oxygen atoms in total. The number of hydrogen-bond acceptors (Lipinski definition) is 2. The largest absolute Gasteiger partial charge is 0.349 e. The second-order valence-corrected chi connectivity index (χ2v) is 5.52. The highest BCUT2D eigenvalue weighted by Gasteiger charge is 2.41. The van der Waals surface area contributed by atoms with E-state index in [0.29, 0.717) is 24.9 Å². The maximum atomic E-state index is 14.2. The number of benzene rings is 1. The number of rotatable bonds is 3. The maximum absolute atomic E-state index is 14.2. The Morgan fingerprint density at radius 2 is 2.05 bits per heavy atom. The van der Waals surface area contributed by atoms with Crippen LogP contribution in [-0.2, 0) is 9.59 Å². The molecule has 0 radical (unpaired) electrons. The van der Waals surface area contributed by atoms with Gasteiger partial charge in [0.15, 0.2) is 0 Å². The molecule has 1 aromatic rings. The first kappa shape index (κ1) is 15.5. The first-order chi connectivity index (χ1) is 9.97. The standard InChI is InChI=1S/C16H21FN2O2/c1-4-19-14(20)10-9-12(16(21)18(2)3)15(19)11-7-5-6-8-13(11)17/h5-8,12,15H,4,9-10H2,1-3H3/t12-,15+/m1/s1. The molecule has 1 heterocycles. The third-order valence-corrected chi connectivity index (χ3v) is 4.03. The monoisotopic (exact) mass is 292 g/mol. The Kier molecular flexibility index (Phi) is 4.60. The molecular weight excluding hydrogens is 271 g/mol. The predicted molar refractivity (Wildman–Crippen MR) is 77.9 cm³/mol. The van der Waals surface area contributed by atoms with Crippen LogP contribution in [0.3, 0.4) is 0 Å². The van der Waals surface area contributed by atoms with Crippen LogP contribution in [0.15, 0.2) is 24.3 Å². The van der Waals surface area contributed by atoms with Gasteiger partial charge in [-0.05, 0) is 19.4 Å². The van der Waals surface area contributed by atoms with E-state index in [1.54, 1.807) is 37.2 Å². The molecule has 0 aromatic heterocycles. The van der Waals surface area contributed by atoms with E-state index in [2.05, 4.69) is 0 Å². The highest BCUT2D eigenvalue weighted by atomic mass is 19.1. The van der Waals surface area contributed by atoms with Crippen LogP contribution < -0.4 is 0 Å². The first-order valence-electron chi connectivity index (χ1n) is 7.22. The number of nitrogens with zero attached hydrogens (tertiary/aromatic N) is 2. The van der Waals surface area contributed by atoms with Gasteiger partial charge in [-0.15, -0.1) is 0 Å². The van der Waals surface area contributed by atoms with Gasteiger partial charge in [-0.3, -0.25) is 9.59 Å². The van der Waals surface area contributed by atoms with Crippen molar-refractivity contribution in [1.29, 1.82) is 0 Å². The molecule has 1 aliphatic rings. The van der Waals surface area contributed by atoms with Crippen LogP contribution in [0.5, 0.6) is 0 Å². The molecule has 1 aromatic carbocycles. The molecule has 0 unspecified atom stereocenters. The normalized spacial score (nSPS) is 22.3. The summed E-state index contributed by atoms with van der Waals surface area (Å²) in [5.41, 5.74) is 0.424. The summed E-state index contributed by atoms with van der Waals surface area (Å²) >= 11 is 0. The lowest BCUT2D eigenvalue weighted by molar-refractivity contribution is -0.146. The fraction of sp³-hybridized carbons (Fsp3) is 0.500. The Morgan fingerprint density at radius 3 is 2.62 bits per heavy atom. The van der Waals surface area contributed by atoms with Crippen molar-refractivity contribution in [2.45, 2.75) is 25.8 Å². The zero-order valence-electron chi connectivity index (χ0n) is 12.7. The average molecular weight is 292 g/mol. The van der Waals surface area contributed by atoms with Crippen LogP contribution in [0.1, 0.15) is 31.4 Å². The number of likely N-dealkylation sites (tertiary alicyclic amines) is 1. The SMILES string of the molecule is CCN1C(=O)CC[C@@H](C(=O)N(C)C)[C@@H]1c1ccccc1F. The van der Waals surface area contributed by atoms with E-state index in [0.717, 1.165) is 0 Å². The van der Waals surface area contributed by atoms with Crippen LogP contribution in [0.4, 0.5) is 4.39 Å². The summed E-state index contributed by atoms with van der Waals surface area (Å²) in [6, 6.07) is 5.87. The Labute approximate surface area is 124 Å². The van der Waals surface area contributed by atoms with Gasteiger partial charge >= 0.3 is 0 Å². The minimum Gasteiger partial charge on any atom is -0.349 e. The van der Waals surface area contributed by atoms with Gasteiger partial charge in [-0.1, -0.05) is 18.2 Å². The second kappa shape index (κ2) is 6.24. The number of halogens is 1. The van der Waals surface area contributed by atoms with Crippen molar-refractivity contribution in [3.63, 3.8) is 0 Å². The van der Waals surface area contributed by atoms with Crippen LogP contribution >= 0.6 is 0 Å². The Hall–Kier alpha value is -1.91. The molecule has 5 heteroatoms. The zero-order valence-corrected chi connectivity index (χ0v) is 12.7. The highest BCUT2D eigenvalue weighted by Crippen LogP contribution is 2.38. The van der Waals surface area contributed by atoms with E-state index in [1.807, 2.05) is 6.92 Å². The molecule has 0 spiro atoms. The maximum Gasteiger partial charge on any atom is 0.227 e. The van der Waals surface area contributed by atoms with Crippen molar-refractivity contribution >= 4 is 11.8 Å². The molecule has 0 aliphatic carbocycles. The molecule has 0 saturated carbocycles. The van der Waals surface area contributed by atoms with Crippen molar-refractivity contribution in [2.24, 2.45) is 5.92 Å². The lowest BCUT2D eigenvalue weighted by Crippen LogP contribution is -2.48. The van der Waals surface area contributed by atoms with Gasteiger partial charge in [0.05, 0.1) is 12.0 Å². The molecule has 0 bridgehead atoms. The minimum absolute atomic E-state index is 0.0199. The molecule has 0 N–H and O–H groups in total. The van der Waals surface area contributed by atoms with E-state index in [1.165, 1.54) is 11.0 Å². The number of carbonyl (C=O) groups is 2. The molecule has 114 valence electrons. The Morgan fingerprint density at radius 1 is 1.38 bits per heavy atom. The molecule has 2 rings (SSSR count). The lowest BCUT2D eigenvalue weighted by Gasteiger charge is -2.41. The summed E-state index contributed by atoms with van der Waals surface area (Å²) in [6.07, 6.45) is 0.800. The minimum atomic E-state index is -0.521. The number of amides is 2. The molecular formula is C16H21FN2O2. The third kappa shape index (κ3) is 2.91. The van der Waals surface area contributed by atoms with Crippen molar-refractivity contribution in [1.82, 2.24) is 9.80 Å². The van der Waals surface area contributed by atoms with Crippen molar-refractivity contribution < 1.29 is 14.0 Å². The quantitative estimate of drug-likeness (QED) is 0.857. The summed E-state index contributed by atoms with van der Waals surface area (Å²) in [7, 11) is 3.38. The molecule has 1 saturated heterocycles. The lowest BCUT2D eigenvalue weighted by atomic mass is 9.83. The van der Waals surface area contributed by atoms with Crippen LogP contribution in [-0.4, -0.2) is 42.3 Å². The van der Waals surface area contributed by atoms with E-state index < -0.39 is 12.0 Å². The highest BCUT2D eigenvalue weighted by molar-refractivity contribution is 5.84. The topological polar surface area (TPSA) is 40.6 Å². The first-order valence-corrected chi connectivity index (χ1v) is 7.22.